The molecule has 4 rings (SSSR count). The van der Waals surface area contributed by atoms with Crippen LogP contribution in [0.4, 0.5) is 0 Å². The topological polar surface area (TPSA) is 89.5 Å². The van der Waals surface area contributed by atoms with Crippen molar-refractivity contribution < 1.29 is 19.1 Å². The van der Waals surface area contributed by atoms with E-state index in [-0.39, 0.29) is 18.6 Å². The van der Waals surface area contributed by atoms with Gasteiger partial charge in [0.1, 0.15) is 0 Å². The summed E-state index contributed by atoms with van der Waals surface area (Å²) in [7, 11) is 0. The van der Waals surface area contributed by atoms with E-state index < -0.39 is 5.54 Å². The van der Waals surface area contributed by atoms with Gasteiger partial charge in [-0.05, 0) is 56.0 Å². The summed E-state index contributed by atoms with van der Waals surface area (Å²) >= 11 is 0. The molecule has 2 amide bonds. The minimum absolute atomic E-state index is 0.0371. The van der Waals surface area contributed by atoms with E-state index in [2.05, 4.69) is 15.6 Å². The fourth-order valence-corrected chi connectivity index (χ4v) is 3.95. The van der Waals surface area contributed by atoms with Crippen molar-refractivity contribution in [1.82, 2.24) is 15.6 Å². The largest absolute Gasteiger partial charge is 0.454 e. The average Bonchev–Trinajstić information content (AvgIpc) is 3.31. The maximum absolute atomic E-state index is 12.4. The SMILES string of the molecule is Cc1cccc(CNC(=O)CC[C@@]2(Cc3ccc4c(c3)OCO4)CCC(=O)N2)n1. The van der Waals surface area contributed by atoms with Gasteiger partial charge in [-0.15, -0.1) is 0 Å². The Balaban J connectivity index is 1.37. The summed E-state index contributed by atoms with van der Waals surface area (Å²) in [5.74, 6) is 1.46. The normalized spacial score (nSPS) is 19.8. The molecule has 0 bridgehead atoms. The van der Waals surface area contributed by atoms with E-state index in [1.54, 1.807) is 0 Å². The summed E-state index contributed by atoms with van der Waals surface area (Å²) in [5, 5.41) is 6.04. The molecule has 152 valence electrons. The molecule has 2 aliphatic heterocycles. The zero-order valence-corrected chi connectivity index (χ0v) is 16.5. The molecule has 0 saturated carbocycles. The lowest BCUT2D eigenvalue weighted by molar-refractivity contribution is -0.122. The van der Waals surface area contributed by atoms with Gasteiger partial charge in [0, 0.05) is 24.1 Å². The van der Waals surface area contributed by atoms with Crippen molar-refractivity contribution in [2.75, 3.05) is 6.79 Å². The number of fused-ring (bicyclic) bond motifs is 1. The molecule has 0 spiro atoms. The molecular formula is C22H25N3O4. The predicted octanol–water partition coefficient (Wildman–Crippen LogP) is 2.41. The van der Waals surface area contributed by atoms with Crippen LogP contribution in [0.25, 0.3) is 0 Å². The van der Waals surface area contributed by atoms with Crippen LogP contribution in [0.2, 0.25) is 0 Å². The van der Waals surface area contributed by atoms with Crippen molar-refractivity contribution in [3.8, 4) is 11.5 Å². The van der Waals surface area contributed by atoms with Crippen LogP contribution in [-0.4, -0.2) is 29.1 Å². The maximum atomic E-state index is 12.4. The highest BCUT2D eigenvalue weighted by Gasteiger charge is 2.38. The van der Waals surface area contributed by atoms with Crippen molar-refractivity contribution in [3.63, 3.8) is 0 Å². The van der Waals surface area contributed by atoms with Gasteiger partial charge in [-0.3, -0.25) is 14.6 Å². The maximum Gasteiger partial charge on any atom is 0.231 e. The van der Waals surface area contributed by atoms with E-state index in [1.807, 2.05) is 43.3 Å². The summed E-state index contributed by atoms with van der Waals surface area (Å²) in [6, 6.07) is 11.6. The number of aromatic nitrogens is 1. The van der Waals surface area contributed by atoms with Gasteiger partial charge in [-0.25, -0.2) is 0 Å². The summed E-state index contributed by atoms with van der Waals surface area (Å²) in [5.41, 5.74) is 2.40. The number of hydrogen-bond acceptors (Lipinski definition) is 5. The third-order valence-corrected chi connectivity index (χ3v) is 5.46. The van der Waals surface area contributed by atoms with Gasteiger partial charge >= 0.3 is 0 Å². The van der Waals surface area contributed by atoms with Crippen molar-refractivity contribution in [3.05, 3.63) is 53.3 Å². The number of nitrogens with one attached hydrogen (secondary N) is 2. The lowest BCUT2D eigenvalue weighted by Gasteiger charge is -2.29. The van der Waals surface area contributed by atoms with Crippen LogP contribution in [-0.2, 0) is 22.6 Å². The van der Waals surface area contributed by atoms with E-state index in [4.69, 9.17) is 9.47 Å². The van der Waals surface area contributed by atoms with Crippen LogP contribution in [0.3, 0.4) is 0 Å². The number of amides is 2. The highest BCUT2D eigenvalue weighted by molar-refractivity contribution is 5.80. The first-order valence-electron chi connectivity index (χ1n) is 9.90. The Hall–Kier alpha value is -3.09. The number of carbonyl (C=O) groups excluding carboxylic acids is 2. The molecule has 1 saturated heterocycles. The standard InChI is InChI=1S/C22H25N3O4/c1-15-3-2-4-17(24-15)13-23-20(26)7-9-22(10-8-21(27)25-22)12-16-5-6-18-19(11-16)29-14-28-18/h2-6,11H,7-10,12-14H2,1H3,(H,23,26)(H,25,27)/t22-/m0/s1. The van der Waals surface area contributed by atoms with Crippen LogP contribution in [0.1, 0.15) is 42.6 Å². The van der Waals surface area contributed by atoms with Gasteiger partial charge in [0.25, 0.3) is 0 Å². The molecule has 2 aliphatic rings. The van der Waals surface area contributed by atoms with Crippen LogP contribution in [0, 0.1) is 6.92 Å². The van der Waals surface area contributed by atoms with Crippen LogP contribution in [0.5, 0.6) is 11.5 Å². The van der Waals surface area contributed by atoms with Crippen molar-refractivity contribution in [2.45, 2.75) is 51.1 Å². The number of pyridine rings is 1. The third kappa shape index (κ3) is 4.67. The minimum Gasteiger partial charge on any atom is -0.454 e. The number of hydrogen-bond donors (Lipinski definition) is 2. The minimum atomic E-state index is -0.413. The van der Waals surface area contributed by atoms with Gasteiger partial charge in [0.05, 0.1) is 12.2 Å². The Morgan fingerprint density at radius 2 is 2.10 bits per heavy atom. The summed E-state index contributed by atoms with van der Waals surface area (Å²) in [6.07, 6.45) is 2.78. The molecule has 7 heteroatoms. The lowest BCUT2D eigenvalue weighted by atomic mass is 9.85. The zero-order valence-electron chi connectivity index (χ0n) is 16.5. The second-order valence-electron chi connectivity index (χ2n) is 7.74. The van der Waals surface area contributed by atoms with Gasteiger partial charge in [-0.1, -0.05) is 12.1 Å². The summed E-state index contributed by atoms with van der Waals surface area (Å²) in [4.78, 5) is 28.8. The smallest absolute Gasteiger partial charge is 0.231 e. The predicted molar refractivity (Wildman–Crippen MR) is 106 cm³/mol. The number of benzene rings is 1. The first-order chi connectivity index (χ1) is 14.0. The Bertz CT molecular complexity index is 930. The Kier molecular flexibility index (Phi) is 5.38. The molecule has 7 nitrogen and oxygen atoms in total. The molecule has 1 aromatic carbocycles. The molecule has 1 atom stereocenters. The second-order valence-corrected chi connectivity index (χ2v) is 7.74. The molecule has 29 heavy (non-hydrogen) atoms. The third-order valence-electron chi connectivity index (χ3n) is 5.46. The highest BCUT2D eigenvalue weighted by atomic mass is 16.7. The molecule has 0 radical (unpaired) electrons. The second kappa shape index (κ2) is 8.11. The molecule has 2 aromatic rings. The first kappa shape index (κ1) is 19.2. The quantitative estimate of drug-likeness (QED) is 0.752. The van der Waals surface area contributed by atoms with Crippen LogP contribution in [0.15, 0.2) is 36.4 Å². The van der Waals surface area contributed by atoms with E-state index in [1.165, 1.54) is 0 Å². The monoisotopic (exact) mass is 395 g/mol. The number of rotatable bonds is 7. The highest BCUT2D eigenvalue weighted by Crippen LogP contribution is 2.35. The fraction of sp³-hybridized carbons (Fsp3) is 0.409. The lowest BCUT2D eigenvalue weighted by Crippen LogP contribution is -2.44. The van der Waals surface area contributed by atoms with Crippen molar-refractivity contribution in [2.24, 2.45) is 0 Å². The number of nitrogens with zero attached hydrogens (tertiary/aromatic N) is 1. The van der Waals surface area contributed by atoms with Gasteiger partial charge in [-0.2, -0.15) is 0 Å². The zero-order chi connectivity index (χ0) is 20.3. The van der Waals surface area contributed by atoms with Crippen LogP contribution >= 0.6 is 0 Å². The van der Waals surface area contributed by atoms with E-state index >= 15 is 0 Å². The summed E-state index contributed by atoms with van der Waals surface area (Å²) in [6.45, 7) is 2.56. The first-order valence-corrected chi connectivity index (χ1v) is 9.90. The van der Waals surface area contributed by atoms with Crippen LogP contribution < -0.4 is 20.1 Å². The number of carbonyl (C=O) groups is 2. The number of aryl methyl sites for hydroxylation is 1. The van der Waals surface area contributed by atoms with Crippen molar-refractivity contribution in [1.29, 1.82) is 0 Å². The molecule has 3 heterocycles. The van der Waals surface area contributed by atoms with Gasteiger partial charge in [0.15, 0.2) is 11.5 Å². The molecule has 1 fully saturated rings. The fourth-order valence-electron chi connectivity index (χ4n) is 3.95. The molecule has 1 aromatic heterocycles. The molecule has 0 unspecified atom stereocenters. The van der Waals surface area contributed by atoms with Gasteiger partial charge < -0.3 is 20.1 Å². The molecular weight excluding hydrogens is 370 g/mol. The molecule has 2 N–H and O–H groups in total. The van der Waals surface area contributed by atoms with E-state index in [0.29, 0.717) is 38.6 Å². The Morgan fingerprint density at radius 1 is 1.24 bits per heavy atom. The van der Waals surface area contributed by atoms with E-state index in [9.17, 15) is 9.59 Å². The average molecular weight is 395 g/mol. The summed E-state index contributed by atoms with van der Waals surface area (Å²) < 4.78 is 10.8. The Labute approximate surface area is 169 Å². The Morgan fingerprint density at radius 3 is 2.90 bits per heavy atom. The molecule has 0 aliphatic carbocycles. The number of ether oxygens (including phenoxy) is 2. The van der Waals surface area contributed by atoms with E-state index in [0.717, 1.165) is 28.5 Å². The van der Waals surface area contributed by atoms with Gasteiger partial charge in [0.2, 0.25) is 18.6 Å². The van der Waals surface area contributed by atoms with Crippen molar-refractivity contribution >= 4 is 11.8 Å².